The van der Waals surface area contributed by atoms with Crippen molar-refractivity contribution in [2.24, 2.45) is 5.92 Å². The maximum Gasteiger partial charge on any atom is 0.160 e. The minimum Gasteiger partial charge on any atom is -0.310 e. The molecule has 0 aliphatic heterocycles. The zero-order valence-corrected chi connectivity index (χ0v) is 12.5. The van der Waals surface area contributed by atoms with E-state index in [1.807, 2.05) is 0 Å². The quantitative estimate of drug-likeness (QED) is 0.689. The lowest BCUT2D eigenvalue weighted by atomic mass is 9.90. The van der Waals surface area contributed by atoms with Crippen molar-refractivity contribution < 1.29 is 8.78 Å². The highest BCUT2D eigenvalue weighted by Crippen LogP contribution is 2.32. The molecule has 0 spiro atoms. The van der Waals surface area contributed by atoms with Crippen LogP contribution in [-0.4, -0.2) is 6.54 Å². The fourth-order valence-electron chi connectivity index (χ4n) is 2.32. The molecule has 1 N–H and O–H groups in total. The number of rotatable bonds is 7. The molecule has 0 radical (unpaired) electrons. The molecular formula is C15H22ClF2N. The third kappa shape index (κ3) is 4.43. The summed E-state index contributed by atoms with van der Waals surface area (Å²) in [4.78, 5) is 0. The van der Waals surface area contributed by atoms with E-state index in [4.69, 9.17) is 11.6 Å². The molecule has 0 fully saturated rings. The van der Waals surface area contributed by atoms with Gasteiger partial charge in [-0.05, 0) is 43.0 Å². The maximum absolute atomic E-state index is 13.4. The van der Waals surface area contributed by atoms with Crippen LogP contribution in [0.1, 0.15) is 51.6 Å². The summed E-state index contributed by atoms with van der Waals surface area (Å²) < 4.78 is 26.6. The molecule has 1 nitrogen and oxygen atoms in total. The van der Waals surface area contributed by atoms with Gasteiger partial charge in [0, 0.05) is 11.1 Å². The van der Waals surface area contributed by atoms with Crippen molar-refractivity contribution in [2.45, 2.75) is 46.1 Å². The van der Waals surface area contributed by atoms with Crippen LogP contribution < -0.4 is 5.32 Å². The molecule has 2 unspecified atom stereocenters. The van der Waals surface area contributed by atoms with Crippen LogP contribution in [0, 0.1) is 17.6 Å². The highest BCUT2D eigenvalue weighted by atomic mass is 35.5. The zero-order valence-electron chi connectivity index (χ0n) is 11.8. The summed E-state index contributed by atoms with van der Waals surface area (Å²) in [5.41, 5.74) is 0.648. The first-order chi connectivity index (χ1) is 9.01. The van der Waals surface area contributed by atoms with Crippen LogP contribution in [0.2, 0.25) is 5.02 Å². The second kappa shape index (κ2) is 7.81. The van der Waals surface area contributed by atoms with Crippen molar-refractivity contribution in [1.29, 1.82) is 0 Å². The molecule has 1 rings (SSSR count). The van der Waals surface area contributed by atoms with Gasteiger partial charge < -0.3 is 5.32 Å². The van der Waals surface area contributed by atoms with Gasteiger partial charge in [0.2, 0.25) is 0 Å². The van der Waals surface area contributed by atoms with Gasteiger partial charge in [-0.1, -0.05) is 38.8 Å². The van der Waals surface area contributed by atoms with Crippen LogP contribution in [0.25, 0.3) is 0 Å². The lowest BCUT2D eigenvalue weighted by Gasteiger charge is -2.26. The fraction of sp³-hybridized carbons (Fsp3) is 0.600. The fourth-order valence-corrected chi connectivity index (χ4v) is 2.58. The second-order valence-electron chi connectivity index (χ2n) is 4.99. The van der Waals surface area contributed by atoms with Crippen LogP contribution in [0.5, 0.6) is 0 Å². The molecule has 1 aromatic rings. The van der Waals surface area contributed by atoms with Gasteiger partial charge in [0.15, 0.2) is 11.6 Å². The number of hydrogen-bond donors (Lipinski definition) is 1. The van der Waals surface area contributed by atoms with Crippen molar-refractivity contribution in [3.63, 3.8) is 0 Å². The molecule has 0 amide bonds. The first-order valence-corrected chi connectivity index (χ1v) is 7.26. The largest absolute Gasteiger partial charge is 0.310 e. The van der Waals surface area contributed by atoms with E-state index in [2.05, 4.69) is 26.1 Å². The monoisotopic (exact) mass is 289 g/mol. The molecule has 0 aliphatic rings. The van der Waals surface area contributed by atoms with Crippen molar-refractivity contribution in [2.75, 3.05) is 6.54 Å². The summed E-state index contributed by atoms with van der Waals surface area (Å²) >= 11 is 6.07. The SMILES string of the molecule is CCCNC(c1cc(F)c(F)cc1Cl)C(C)CCC. The predicted molar refractivity (Wildman–Crippen MR) is 76.5 cm³/mol. The van der Waals surface area contributed by atoms with Crippen LogP contribution in [0.4, 0.5) is 8.78 Å². The maximum atomic E-state index is 13.4. The predicted octanol–water partition coefficient (Wildman–Crippen LogP) is 5.10. The third-order valence-corrected chi connectivity index (χ3v) is 3.63. The van der Waals surface area contributed by atoms with Gasteiger partial charge in [0.25, 0.3) is 0 Å². The molecule has 0 aliphatic carbocycles. The standard InChI is InChI=1S/C15H22ClF2N/c1-4-6-10(3)15(19-7-5-2)11-8-13(17)14(18)9-12(11)16/h8-10,15,19H,4-7H2,1-3H3. The van der Waals surface area contributed by atoms with Crippen LogP contribution in [-0.2, 0) is 0 Å². The van der Waals surface area contributed by atoms with Crippen LogP contribution >= 0.6 is 11.6 Å². The Morgan fingerprint density at radius 1 is 1.16 bits per heavy atom. The normalized spacial score (nSPS) is 14.4. The Morgan fingerprint density at radius 2 is 1.79 bits per heavy atom. The lowest BCUT2D eigenvalue weighted by Crippen LogP contribution is -2.28. The van der Waals surface area contributed by atoms with Gasteiger partial charge in [0.05, 0.1) is 0 Å². The summed E-state index contributed by atoms with van der Waals surface area (Å²) in [7, 11) is 0. The average molecular weight is 290 g/mol. The van der Waals surface area contributed by atoms with E-state index in [0.717, 1.165) is 31.9 Å². The lowest BCUT2D eigenvalue weighted by molar-refractivity contribution is 0.361. The van der Waals surface area contributed by atoms with E-state index in [1.54, 1.807) is 0 Å². The summed E-state index contributed by atoms with van der Waals surface area (Å²) in [6, 6.07) is 2.24. The Kier molecular flexibility index (Phi) is 6.73. The Bertz CT molecular complexity index is 409. The first-order valence-electron chi connectivity index (χ1n) is 6.89. The molecule has 0 bridgehead atoms. The van der Waals surface area contributed by atoms with E-state index in [-0.39, 0.29) is 11.1 Å². The first kappa shape index (κ1) is 16.4. The van der Waals surface area contributed by atoms with E-state index in [0.29, 0.717) is 11.5 Å². The van der Waals surface area contributed by atoms with Crippen molar-refractivity contribution in [1.82, 2.24) is 5.32 Å². The summed E-state index contributed by atoms with van der Waals surface area (Å²) in [6.45, 7) is 7.12. The van der Waals surface area contributed by atoms with Gasteiger partial charge in [0.1, 0.15) is 0 Å². The summed E-state index contributed by atoms with van der Waals surface area (Å²) in [5.74, 6) is -1.42. The average Bonchev–Trinajstić information content (AvgIpc) is 2.36. The van der Waals surface area contributed by atoms with Crippen LogP contribution in [0.15, 0.2) is 12.1 Å². The molecule has 2 atom stereocenters. The number of nitrogens with one attached hydrogen (secondary N) is 1. The molecule has 0 saturated carbocycles. The topological polar surface area (TPSA) is 12.0 Å². The van der Waals surface area contributed by atoms with Gasteiger partial charge in [-0.25, -0.2) is 8.78 Å². The van der Waals surface area contributed by atoms with Gasteiger partial charge in [-0.3, -0.25) is 0 Å². The highest BCUT2D eigenvalue weighted by molar-refractivity contribution is 6.31. The zero-order chi connectivity index (χ0) is 14.4. The van der Waals surface area contributed by atoms with Gasteiger partial charge >= 0.3 is 0 Å². The molecule has 0 heterocycles. The molecule has 19 heavy (non-hydrogen) atoms. The molecule has 0 aromatic heterocycles. The van der Waals surface area contributed by atoms with Crippen molar-refractivity contribution >= 4 is 11.6 Å². The summed E-state index contributed by atoms with van der Waals surface area (Å²) in [6.07, 6.45) is 3.04. The summed E-state index contributed by atoms with van der Waals surface area (Å²) in [5, 5.41) is 3.67. The smallest absolute Gasteiger partial charge is 0.160 e. The Morgan fingerprint density at radius 3 is 2.37 bits per heavy atom. The Balaban J connectivity index is 3.05. The minimum absolute atomic E-state index is 0.0394. The van der Waals surface area contributed by atoms with Crippen molar-refractivity contribution in [3.8, 4) is 0 Å². The second-order valence-corrected chi connectivity index (χ2v) is 5.39. The van der Waals surface area contributed by atoms with E-state index in [1.165, 1.54) is 6.07 Å². The number of halogens is 3. The van der Waals surface area contributed by atoms with E-state index >= 15 is 0 Å². The van der Waals surface area contributed by atoms with Crippen molar-refractivity contribution in [3.05, 3.63) is 34.4 Å². The third-order valence-electron chi connectivity index (χ3n) is 3.30. The van der Waals surface area contributed by atoms with E-state index in [9.17, 15) is 8.78 Å². The minimum atomic E-state index is -0.897. The molecule has 4 heteroatoms. The van der Waals surface area contributed by atoms with Crippen LogP contribution in [0.3, 0.4) is 0 Å². The molecule has 108 valence electrons. The highest BCUT2D eigenvalue weighted by Gasteiger charge is 2.22. The number of benzene rings is 1. The van der Waals surface area contributed by atoms with E-state index < -0.39 is 11.6 Å². The Labute approximate surface area is 119 Å². The molecule has 0 saturated heterocycles. The Hall–Kier alpha value is -0.670. The molecule has 1 aromatic carbocycles. The number of hydrogen-bond acceptors (Lipinski definition) is 1. The van der Waals surface area contributed by atoms with Gasteiger partial charge in [-0.15, -0.1) is 0 Å². The molecular weight excluding hydrogens is 268 g/mol. The van der Waals surface area contributed by atoms with Gasteiger partial charge in [-0.2, -0.15) is 0 Å².